The maximum absolute atomic E-state index is 5.83. The van der Waals surface area contributed by atoms with E-state index < -0.39 is 0 Å². The molecule has 2 rings (SSSR count). The van der Waals surface area contributed by atoms with Crippen molar-refractivity contribution in [3.63, 3.8) is 0 Å². The van der Waals surface area contributed by atoms with E-state index in [0.717, 1.165) is 6.54 Å². The maximum Gasteiger partial charge on any atom is 0.0724 e. The lowest BCUT2D eigenvalue weighted by Gasteiger charge is -2.34. The van der Waals surface area contributed by atoms with Crippen molar-refractivity contribution < 1.29 is 4.74 Å². The average molecular weight is 319 g/mol. The average Bonchev–Trinajstić information content (AvgIpc) is 2.53. The van der Waals surface area contributed by atoms with E-state index in [1.807, 2.05) is 0 Å². The van der Waals surface area contributed by atoms with Gasteiger partial charge in [-0.1, -0.05) is 37.6 Å². The van der Waals surface area contributed by atoms with E-state index in [9.17, 15) is 0 Å². The molecule has 0 spiro atoms. The predicted molar refractivity (Wildman–Crippen MR) is 97.6 cm³/mol. The Morgan fingerprint density at radius 1 is 0.913 bits per heavy atom. The first-order chi connectivity index (χ1) is 11.0. The molecule has 0 N–H and O–H groups in total. The number of hydrogen-bond acceptors (Lipinski definition) is 3. The maximum atomic E-state index is 5.83. The van der Waals surface area contributed by atoms with E-state index in [0.29, 0.717) is 6.61 Å². The lowest BCUT2D eigenvalue weighted by atomic mass is 10.1. The van der Waals surface area contributed by atoms with Crippen LogP contribution in [0.4, 0.5) is 0 Å². The second-order valence-corrected chi connectivity index (χ2v) is 7.69. The number of benzene rings is 1. The topological polar surface area (TPSA) is 15.7 Å². The minimum Gasteiger partial charge on any atom is -0.371 e. The highest BCUT2D eigenvalue weighted by Crippen LogP contribution is 2.14. The van der Waals surface area contributed by atoms with Crippen molar-refractivity contribution in [2.45, 2.75) is 59.3 Å². The van der Waals surface area contributed by atoms with Crippen LogP contribution >= 0.6 is 0 Å². The van der Waals surface area contributed by atoms with Crippen molar-refractivity contribution in [1.29, 1.82) is 0 Å². The van der Waals surface area contributed by atoms with Crippen LogP contribution in [-0.2, 0) is 17.9 Å². The third kappa shape index (κ3) is 7.03. The fourth-order valence-corrected chi connectivity index (χ4v) is 2.85. The zero-order valence-corrected chi connectivity index (χ0v) is 15.5. The molecule has 0 atom stereocenters. The van der Waals surface area contributed by atoms with Gasteiger partial charge in [0.05, 0.1) is 12.2 Å². The van der Waals surface area contributed by atoms with Gasteiger partial charge < -0.3 is 9.64 Å². The monoisotopic (exact) mass is 318 g/mol. The van der Waals surface area contributed by atoms with Gasteiger partial charge in [0.1, 0.15) is 0 Å². The first-order valence-corrected chi connectivity index (χ1v) is 9.13. The highest BCUT2D eigenvalue weighted by molar-refractivity contribution is 5.22. The van der Waals surface area contributed by atoms with E-state index >= 15 is 0 Å². The van der Waals surface area contributed by atoms with Crippen LogP contribution in [0.5, 0.6) is 0 Å². The third-order valence-electron chi connectivity index (χ3n) is 4.39. The molecule has 3 heteroatoms. The lowest BCUT2D eigenvalue weighted by molar-refractivity contribution is -0.0149. The molecular formula is C20H34N2O. The van der Waals surface area contributed by atoms with Gasteiger partial charge in [-0.2, -0.15) is 0 Å². The molecule has 1 aromatic rings. The van der Waals surface area contributed by atoms with Crippen LogP contribution in [0, 0.1) is 0 Å². The summed E-state index contributed by atoms with van der Waals surface area (Å²) in [5.41, 5.74) is 2.59. The van der Waals surface area contributed by atoms with Gasteiger partial charge in [0.2, 0.25) is 0 Å². The summed E-state index contributed by atoms with van der Waals surface area (Å²) in [6, 6.07) is 8.92. The number of unbranched alkanes of at least 4 members (excludes halogenated alkanes) is 1. The summed E-state index contributed by atoms with van der Waals surface area (Å²) in [7, 11) is 0. The molecule has 3 nitrogen and oxygen atoms in total. The van der Waals surface area contributed by atoms with Crippen molar-refractivity contribution >= 4 is 0 Å². The van der Waals surface area contributed by atoms with Crippen LogP contribution in [-0.4, -0.2) is 48.1 Å². The predicted octanol–water partition coefficient (Wildman–Crippen LogP) is 3.92. The van der Waals surface area contributed by atoms with Crippen molar-refractivity contribution in [1.82, 2.24) is 9.80 Å². The molecule has 0 radical (unpaired) electrons. The Hall–Kier alpha value is -0.900. The Morgan fingerprint density at radius 3 is 2.04 bits per heavy atom. The Balaban J connectivity index is 1.74. The highest BCUT2D eigenvalue weighted by Gasteiger charge is 2.16. The van der Waals surface area contributed by atoms with Crippen molar-refractivity contribution in [2.75, 3.05) is 32.7 Å². The summed E-state index contributed by atoms with van der Waals surface area (Å²) in [4.78, 5) is 5.18. The van der Waals surface area contributed by atoms with Crippen LogP contribution in [0.1, 0.15) is 51.7 Å². The Kier molecular flexibility index (Phi) is 7.07. The first kappa shape index (κ1) is 18.4. The molecule has 0 aromatic heterocycles. The Morgan fingerprint density at radius 2 is 1.48 bits per heavy atom. The van der Waals surface area contributed by atoms with Gasteiger partial charge in [-0.25, -0.2) is 0 Å². The summed E-state index contributed by atoms with van der Waals surface area (Å²) in [5, 5.41) is 0. The lowest BCUT2D eigenvalue weighted by Crippen LogP contribution is -2.46. The molecule has 0 unspecified atom stereocenters. The Bertz CT molecular complexity index is 442. The third-order valence-corrected chi connectivity index (χ3v) is 4.39. The number of hydrogen-bond donors (Lipinski definition) is 0. The number of piperazine rings is 1. The molecule has 0 amide bonds. The standard InChI is InChI=1S/C20H34N2O/c1-5-6-11-21-12-14-22(15-13-21)16-18-7-9-19(10-8-18)17-23-20(2,3)4/h7-10H,5-6,11-17H2,1-4H3. The molecule has 130 valence electrons. The summed E-state index contributed by atoms with van der Waals surface area (Å²) in [6.45, 7) is 16.4. The summed E-state index contributed by atoms with van der Waals surface area (Å²) in [6.07, 6.45) is 2.63. The SMILES string of the molecule is CCCCN1CCN(Cc2ccc(COC(C)(C)C)cc2)CC1. The second kappa shape index (κ2) is 8.81. The van der Waals surface area contributed by atoms with Crippen molar-refractivity contribution in [3.8, 4) is 0 Å². The van der Waals surface area contributed by atoms with E-state index in [4.69, 9.17) is 4.74 Å². The second-order valence-electron chi connectivity index (χ2n) is 7.69. The van der Waals surface area contributed by atoms with E-state index in [1.165, 1.54) is 56.7 Å². The number of ether oxygens (including phenoxy) is 1. The van der Waals surface area contributed by atoms with Gasteiger partial charge in [-0.05, 0) is 44.9 Å². The smallest absolute Gasteiger partial charge is 0.0724 e. The number of nitrogens with zero attached hydrogens (tertiary/aromatic N) is 2. The molecule has 1 saturated heterocycles. The normalized spacial score (nSPS) is 17.6. The molecule has 1 aromatic carbocycles. The van der Waals surface area contributed by atoms with Crippen LogP contribution in [0.25, 0.3) is 0 Å². The molecular weight excluding hydrogens is 284 g/mol. The quantitative estimate of drug-likeness (QED) is 0.758. The summed E-state index contributed by atoms with van der Waals surface area (Å²) in [5.74, 6) is 0. The molecule has 23 heavy (non-hydrogen) atoms. The van der Waals surface area contributed by atoms with E-state index in [-0.39, 0.29) is 5.60 Å². The van der Waals surface area contributed by atoms with Gasteiger partial charge in [0.25, 0.3) is 0 Å². The fraction of sp³-hybridized carbons (Fsp3) is 0.700. The molecule has 1 heterocycles. The van der Waals surface area contributed by atoms with Crippen LogP contribution < -0.4 is 0 Å². The highest BCUT2D eigenvalue weighted by atomic mass is 16.5. The van der Waals surface area contributed by atoms with Crippen LogP contribution in [0.2, 0.25) is 0 Å². The zero-order chi connectivity index (χ0) is 16.7. The Labute approximate surface area is 142 Å². The summed E-state index contributed by atoms with van der Waals surface area (Å²) < 4.78 is 5.83. The van der Waals surface area contributed by atoms with Gasteiger partial charge in [0, 0.05) is 32.7 Å². The molecule has 0 bridgehead atoms. The van der Waals surface area contributed by atoms with Crippen molar-refractivity contribution in [2.24, 2.45) is 0 Å². The van der Waals surface area contributed by atoms with E-state index in [2.05, 4.69) is 61.8 Å². The van der Waals surface area contributed by atoms with E-state index in [1.54, 1.807) is 0 Å². The number of rotatable bonds is 7. The fourth-order valence-electron chi connectivity index (χ4n) is 2.85. The van der Waals surface area contributed by atoms with Crippen LogP contribution in [0.15, 0.2) is 24.3 Å². The van der Waals surface area contributed by atoms with Crippen LogP contribution in [0.3, 0.4) is 0 Å². The zero-order valence-electron chi connectivity index (χ0n) is 15.5. The van der Waals surface area contributed by atoms with Gasteiger partial charge in [-0.15, -0.1) is 0 Å². The molecule has 1 aliphatic heterocycles. The minimum atomic E-state index is -0.0733. The van der Waals surface area contributed by atoms with Gasteiger partial charge in [0.15, 0.2) is 0 Å². The van der Waals surface area contributed by atoms with Gasteiger partial charge in [-0.3, -0.25) is 4.90 Å². The minimum absolute atomic E-state index is 0.0733. The molecule has 1 aliphatic rings. The molecule has 1 fully saturated rings. The first-order valence-electron chi connectivity index (χ1n) is 9.13. The molecule has 0 saturated carbocycles. The largest absolute Gasteiger partial charge is 0.371 e. The van der Waals surface area contributed by atoms with Gasteiger partial charge >= 0.3 is 0 Å². The molecule has 0 aliphatic carbocycles. The summed E-state index contributed by atoms with van der Waals surface area (Å²) >= 11 is 0. The van der Waals surface area contributed by atoms with Crippen molar-refractivity contribution in [3.05, 3.63) is 35.4 Å².